The molecule has 1 aliphatic heterocycles. The van der Waals surface area contributed by atoms with Gasteiger partial charge in [0, 0.05) is 5.56 Å². The smallest absolute Gasteiger partial charge is 0.335 e. The van der Waals surface area contributed by atoms with E-state index in [9.17, 15) is 14.4 Å². The average Bonchev–Trinajstić information content (AvgIpc) is 2.76. The predicted octanol–water partition coefficient (Wildman–Crippen LogP) is 3.10. The summed E-state index contributed by atoms with van der Waals surface area (Å²) in [5.41, 5.74) is 1.40. The lowest BCUT2D eigenvalue weighted by Gasteiger charge is -2.26. The molecule has 1 N–H and O–H groups in total. The van der Waals surface area contributed by atoms with Gasteiger partial charge in [-0.1, -0.05) is 30.2 Å². The summed E-state index contributed by atoms with van der Waals surface area (Å²) in [6, 6.07) is 10.9. The van der Waals surface area contributed by atoms with E-state index in [4.69, 9.17) is 15.9 Å². The zero-order valence-corrected chi connectivity index (χ0v) is 16.9. The molecular weight excluding hydrogens is 396 g/mol. The molecule has 31 heavy (non-hydrogen) atoms. The molecule has 2 aromatic carbocycles. The highest BCUT2D eigenvalue weighted by atomic mass is 16.5. The summed E-state index contributed by atoms with van der Waals surface area (Å²) in [6.07, 6.45) is 8.82. The van der Waals surface area contributed by atoms with Gasteiger partial charge in [-0.15, -0.1) is 13.0 Å². The van der Waals surface area contributed by atoms with Crippen LogP contribution in [0.25, 0.3) is 6.08 Å². The molecule has 1 saturated heterocycles. The summed E-state index contributed by atoms with van der Waals surface area (Å²) in [4.78, 5) is 38.6. The van der Waals surface area contributed by atoms with Crippen molar-refractivity contribution in [3.05, 3.63) is 71.8 Å². The summed E-state index contributed by atoms with van der Waals surface area (Å²) < 4.78 is 11.0. The number of ether oxygens (including phenoxy) is 2. The number of hydrogen-bond donors (Lipinski definition) is 1. The second-order valence-electron chi connectivity index (χ2n) is 6.49. The van der Waals surface area contributed by atoms with Crippen molar-refractivity contribution in [2.45, 2.75) is 6.42 Å². The summed E-state index contributed by atoms with van der Waals surface area (Å²) in [5, 5.41) is 2.20. The Hall–Kier alpha value is -4.31. The van der Waals surface area contributed by atoms with Gasteiger partial charge in [0.05, 0.1) is 12.8 Å². The van der Waals surface area contributed by atoms with Gasteiger partial charge in [0.1, 0.15) is 12.2 Å². The first-order chi connectivity index (χ1) is 15.0. The summed E-state index contributed by atoms with van der Waals surface area (Å²) >= 11 is 0. The lowest BCUT2D eigenvalue weighted by atomic mass is 10.0. The van der Waals surface area contributed by atoms with Crippen molar-refractivity contribution in [3.63, 3.8) is 0 Å². The Bertz CT molecular complexity index is 1110. The summed E-state index contributed by atoms with van der Waals surface area (Å²) in [5.74, 6) is 1.75. The van der Waals surface area contributed by atoms with Crippen LogP contribution in [0.5, 0.6) is 11.5 Å². The van der Waals surface area contributed by atoms with Crippen molar-refractivity contribution in [2.24, 2.45) is 0 Å². The van der Waals surface area contributed by atoms with Gasteiger partial charge in [-0.25, -0.2) is 9.69 Å². The molecule has 0 bridgehead atoms. The van der Waals surface area contributed by atoms with E-state index in [0.29, 0.717) is 29.2 Å². The molecule has 1 heterocycles. The fourth-order valence-electron chi connectivity index (χ4n) is 3.14. The molecule has 2 aromatic rings. The van der Waals surface area contributed by atoms with Crippen molar-refractivity contribution in [1.82, 2.24) is 5.32 Å². The van der Waals surface area contributed by atoms with Crippen LogP contribution in [0.2, 0.25) is 0 Å². The number of nitrogens with one attached hydrogen (secondary N) is 1. The molecule has 7 nitrogen and oxygen atoms in total. The molecule has 0 saturated carbocycles. The van der Waals surface area contributed by atoms with Crippen molar-refractivity contribution >= 4 is 29.6 Å². The SMILES string of the molecule is C#CCOc1c(CC=C)cc(/C=C2\C(=O)NC(=O)N(c3ccccc3)C2=O)cc1OC. The van der Waals surface area contributed by atoms with Gasteiger partial charge < -0.3 is 9.47 Å². The fourth-order valence-corrected chi connectivity index (χ4v) is 3.14. The van der Waals surface area contributed by atoms with E-state index in [1.165, 1.54) is 13.2 Å². The van der Waals surface area contributed by atoms with E-state index in [2.05, 4.69) is 17.8 Å². The Balaban J connectivity index is 2.06. The highest BCUT2D eigenvalue weighted by Gasteiger charge is 2.36. The molecule has 0 aliphatic carbocycles. The van der Waals surface area contributed by atoms with Gasteiger partial charge in [0.25, 0.3) is 11.8 Å². The Labute approximate surface area is 180 Å². The molecule has 0 atom stereocenters. The zero-order valence-electron chi connectivity index (χ0n) is 16.9. The third-order valence-corrected chi connectivity index (χ3v) is 4.47. The number of benzene rings is 2. The number of methoxy groups -OCH3 is 1. The van der Waals surface area contributed by atoms with Gasteiger partial charge in [0.2, 0.25) is 0 Å². The first kappa shape index (κ1) is 21.4. The number of urea groups is 1. The highest BCUT2D eigenvalue weighted by Crippen LogP contribution is 2.34. The van der Waals surface area contributed by atoms with Crippen molar-refractivity contribution in [2.75, 3.05) is 18.6 Å². The van der Waals surface area contributed by atoms with Crippen molar-refractivity contribution < 1.29 is 23.9 Å². The normalized spacial score (nSPS) is 14.8. The molecule has 3 rings (SSSR count). The minimum atomic E-state index is -0.804. The van der Waals surface area contributed by atoms with E-state index in [-0.39, 0.29) is 12.2 Å². The van der Waals surface area contributed by atoms with Crippen LogP contribution in [-0.2, 0) is 16.0 Å². The number of nitrogens with zero attached hydrogens (tertiary/aromatic N) is 1. The molecule has 0 radical (unpaired) electrons. The number of para-hydroxylation sites is 1. The van der Waals surface area contributed by atoms with Crippen molar-refractivity contribution in [3.8, 4) is 23.8 Å². The van der Waals surface area contributed by atoms with E-state index in [0.717, 1.165) is 10.5 Å². The van der Waals surface area contributed by atoms with Gasteiger partial charge >= 0.3 is 6.03 Å². The number of imide groups is 2. The summed E-state index contributed by atoms with van der Waals surface area (Å²) in [7, 11) is 1.47. The molecule has 4 amide bonds. The molecular formula is C24H20N2O5. The Morgan fingerprint density at radius 2 is 1.94 bits per heavy atom. The molecule has 0 aromatic heterocycles. The van der Waals surface area contributed by atoms with Crippen LogP contribution >= 0.6 is 0 Å². The number of anilines is 1. The molecule has 156 valence electrons. The maximum Gasteiger partial charge on any atom is 0.335 e. The second kappa shape index (κ2) is 9.46. The predicted molar refractivity (Wildman–Crippen MR) is 117 cm³/mol. The van der Waals surface area contributed by atoms with E-state index in [1.54, 1.807) is 48.5 Å². The van der Waals surface area contributed by atoms with Gasteiger partial charge in [0.15, 0.2) is 11.5 Å². The quantitative estimate of drug-likeness (QED) is 0.325. The number of carbonyl (C=O) groups is 3. The number of rotatable bonds is 7. The molecule has 0 spiro atoms. The topological polar surface area (TPSA) is 84.9 Å². The van der Waals surface area contributed by atoms with Crippen LogP contribution in [0.15, 0.2) is 60.7 Å². The lowest BCUT2D eigenvalue weighted by molar-refractivity contribution is -0.122. The zero-order chi connectivity index (χ0) is 22.4. The van der Waals surface area contributed by atoms with Gasteiger partial charge in [-0.3, -0.25) is 14.9 Å². The van der Waals surface area contributed by atoms with Gasteiger partial charge in [-0.2, -0.15) is 0 Å². The monoisotopic (exact) mass is 416 g/mol. The third kappa shape index (κ3) is 4.49. The van der Waals surface area contributed by atoms with Crippen LogP contribution in [0.3, 0.4) is 0 Å². The van der Waals surface area contributed by atoms with Gasteiger partial charge in [-0.05, 0) is 42.3 Å². The van der Waals surface area contributed by atoms with Crippen LogP contribution in [0.1, 0.15) is 11.1 Å². The molecule has 1 fully saturated rings. The fraction of sp³-hybridized carbons (Fsp3) is 0.125. The number of barbiturate groups is 1. The Morgan fingerprint density at radius 3 is 2.58 bits per heavy atom. The number of carbonyl (C=O) groups excluding carboxylic acids is 3. The van der Waals surface area contributed by atoms with Crippen LogP contribution in [-0.4, -0.2) is 31.6 Å². The number of allylic oxidation sites excluding steroid dienone is 1. The molecule has 0 unspecified atom stereocenters. The first-order valence-electron chi connectivity index (χ1n) is 9.34. The van der Waals surface area contributed by atoms with Crippen LogP contribution in [0.4, 0.5) is 10.5 Å². The largest absolute Gasteiger partial charge is 0.493 e. The lowest BCUT2D eigenvalue weighted by Crippen LogP contribution is -2.54. The van der Waals surface area contributed by atoms with E-state index >= 15 is 0 Å². The maximum atomic E-state index is 13.0. The standard InChI is InChI=1S/C24H20N2O5/c1-4-9-17-13-16(15-20(30-3)21(17)31-12-5-2)14-19-22(27)25-24(29)26(23(19)28)18-10-7-6-8-11-18/h2,4,6-8,10-11,13-15H,1,9,12H2,3H3,(H,25,27,29)/b19-14+. The molecule has 1 aliphatic rings. The maximum absolute atomic E-state index is 13.0. The van der Waals surface area contributed by atoms with Crippen molar-refractivity contribution in [1.29, 1.82) is 0 Å². The second-order valence-corrected chi connectivity index (χ2v) is 6.49. The first-order valence-corrected chi connectivity index (χ1v) is 9.34. The minimum absolute atomic E-state index is 0.0516. The van der Waals surface area contributed by atoms with E-state index in [1.807, 2.05) is 0 Å². The Kier molecular flexibility index (Phi) is 6.53. The highest BCUT2D eigenvalue weighted by molar-refractivity contribution is 6.39. The summed E-state index contributed by atoms with van der Waals surface area (Å²) in [6.45, 7) is 3.79. The Morgan fingerprint density at radius 1 is 1.19 bits per heavy atom. The van der Waals surface area contributed by atoms with Crippen LogP contribution in [0, 0.1) is 12.3 Å². The van der Waals surface area contributed by atoms with Crippen LogP contribution < -0.4 is 19.7 Å². The van der Waals surface area contributed by atoms with E-state index < -0.39 is 17.8 Å². The minimum Gasteiger partial charge on any atom is -0.493 e. The number of hydrogen-bond acceptors (Lipinski definition) is 5. The molecule has 7 heteroatoms. The number of amides is 4. The number of terminal acetylenes is 1. The average molecular weight is 416 g/mol. The third-order valence-electron chi connectivity index (χ3n) is 4.47.